The summed E-state index contributed by atoms with van der Waals surface area (Å²) in [5.74, 6) is 0.155. The van der Waals surface area contributed by atoms with Gasteiger partial charge in [-0.25, -0.2) is 0 Å². The van der Waals surface area contributed by atoms with Gasteiger partial charge in [0.1, 0.15) is 2.74 Å². The lowest BCUT2D eigenvalue weighted by Crippen LogP contribution is -2.02. The molecule has 1 aromatic carbocycles. The van der Waals surface area contributed by atoms with E-state index in [4.69, 9.17) is 23.4 Å². The van der Waals surface area contributed by atoms with Crippen molar-refractivity contribution in [2.24, 2.45) is 5.73 Å². The first kappa shape index (κ1) is 3.26. The van der Waals surface area contributed by atoms with Crippen molar-refractivity contribution in [1.29, 1.82) is 0 Å². The highest BCUT2D eigenvalue weighted by Gasteiger charge is 2.12. The van der Waals surface area contributed by atoms with Crippen LogP contribution in [-0.2, 0) is 6.37 Å². The van der Waals surface area contributed by atoms with Crippen LogP contribution in [0, 0.1) is 0 Å². The summed E-state index contributed by atoms with van der Waals surface area (Å²) in [6, 6.07) is 3.79. The lowest BCUT2D eigenvalue weighted by Gasteiger charge is -1.99. The fourth-order valence-electron chi connectivity index (χ4n) is 0.944. The topological polar surface area (TPSA) is 44.5 Å². The third-order valence-corrected chi connectivity index (χ3v) is 1.46. The van der Waals surface area contributed by atoms with Crippen LogP contribution in [0.25, 0.3) is 0 Å². The lowest BCUT2D eigenvalue weighted by atomic mass is 10.1. The molecule has 3 heteroatoms. The van der Waals surface area contributed by atoms with E-state index in [1.807, 2.05) is 0 Å². The zero-order chi connectivity index (χ0) is 13.8. The molecule has 64 valence electrons. The van der Waals surface area contributed by atoms with Gasteiger partial charge in [0.25, 0.3) is 0 Å². The number of ether oxygens (including phenoxy) is 2. The van der Waals surface area contributed by atoms with Crippen LogP contribution >= 0.6 is 0 Å². The quantitative estimate of drug-likeness (QED) is 0.719. The summed E-state index contributed by atoms with van der Waals surface area (Å²) in [5, 5.41) is 0. The Morgan fingerprint density at radius 1 is 1.50 bits per heavy atom. The molecule has 1 heterocycles. The molecule has 1 aromatic rings. The van der Waals surface area contributed by atoms with Crippen LogP contribution in [0.4, 0.5) is 0 Å². The second-order valence-corrected chi connectivity index (χ2v) is 2.22. The molecule has 2 rings (SSSR count). The highest BCUT2D eigenvalue weighted by molar-refractivity contribution is 5.44. The van der Waals surface area contributed by atoms with Gasteiger partial charge in [-0.2, -0.15) is 0 Å². The van der Waals surface area contributed by atoms with Gasteiger partial charge in [-0.3, -0.25) is 0 Å². The van der Waals surface area contributed by atoms with Crippen molar-refractivity contribution in [3.63, 3.8) is 0 Å². The van der Waals surface area contributed by atoms with Gasteiger partial charge < -0.3 is 15.2 Å². The molecule has 0 saturated heterocycles. The molecule has 3 nitrogen and oxygen atoms in total. The van der Waals surface area contributed by atoms with Crippen molar-refractivity contribution in [2.75, 3.05) is 13.2 Å². The molecular weight excluding hydrogens is 154 g/mol. The second-order valence-electron chi connectivity index (χ2n) is 2.22. The molecule has 0 radical (unpaired) electrons. The van der Waals surface area contributed by atoms with E-state index in [0.717, 1.165) is 0 Å². The predicted octanol–water partition coefficient (Wildman–Crippen LogP) is 0.917. The largest absolute Gasteiger partial charge is 0.454 e. The fourth-order valence-corrected chi connectivity index (χ4v) is 0.944. The van der Waals surface area contributed by atoms with E-state index in [1.165, 1.54) is 18.2 Å². The van der Waals surface area contributed by atoms with Crippen molar-refractivity contribution >= 4 is 0 Å². The lowest BCUT2D eigenvalue weighted by molar-refractivity contribution is 0.174. The Kier molecular flexibility index (Phi) is 0.823. The van der Waals surface area contributed by atoms with Crippen molar-refractivity contribution in [2.45, 2.75) is 6.37 Å². The smallest absolute Gasteiger partial charge is 0.231 e. The zero-order valence-electron chi connectivity index (χ0n) is 12.1. The molecule has 0 unspecified atom stereocenters. The van der Waals surface area contributed by atoms with Gasteiger partial charge in [-0.15, -0.1) is 0 Å². The Bertz CT molecular complexity index is 484. The Morgan fingerprint density at radius 2 is 2.33 bits per heavy atom. The van der Waals surface area contributed by atoms with Crippen LogP contribution in [0.5, 0.6) is 11.5 Å². The van der Waals surface area contributed by atoms with Crippen LogP contribution in [-0.4, -0.2) is 13.2 Å². The third kappa shape index (κ3) is 1.23. The van der Waals surface area contributed by atoms with E-state index in [9.17, 15) is 0 Å². The molecule has 1 aliphatic heterocycles. The Labute approximate surface area is 79.5 Å². The Hall–Kier alpha value is -1.22. The molecule has 0 fully saturated rings. The van der Waals surface area contributed by atoms with Crippen LogP contribution in [0.3, 0.4) is 0 Å². The average Bonchev–Trinajstić information content (AvgIpc) is 2.48. The maximum atomic E-state index is 7.66. The van der Waals surface area contributed by atoms with Crippen LogP contribution < -0.4 is 15.2 Å². The predicted molar refractivity (Wildman–Crippen MR) is 45.3 cm³/mol. The molecule has 0 bridgehead atoms. The first-order valence-corrected chi connectivity index (χ1v) is 3.34. The summed E-state index contributed by atoms with van der Waals surface area (Å²) in [7, 11) is 0. The first-order valence-electron chi connectivity index (χ1n) is 6.34. The molecule has 2 N–H and O–H groups in total. The third-order valence-electron chi connectivity index (χ3n) is 1.46. The van der Waals surface area contributed by atoms with E-state index >= 15 is 0 Å². The van der Waals surface area contributed by atoms with Crippen molar-refractivity contribution in [3.8, 4) is 11.5 Å². The number of hydrogen-bond donors (Lipinski definition) is 1. The number of hydrogen-bond acceptors (Lipinski definition) is 3. The van der Waals surface area contributed by atoms with E-state index in [-0.39, 0.29) is 17.1 Å². The van der Waals surface area contributed by atoms with Gasteiger partial charge in [0, 0.05) is 5.48 Å². The zero-order valence-corrected chi connectivity index (χ0v) is 6.13. The Morgan fingerprint density at radius 3 is 3.17 bits per heavy atom. The molecule has 0 spiro atoms. The molecule has 1 aliphatic rings. The number of nitrogens with two attached hydrogens (primary N) is 1. The van der Waals surface area contributed by atoms with Crippen molar-refractivity contribution in [1.82, 2.24) is 0 Å². The minimum atomic E-state index is -2.57. The summed E-state index contributed by atoms with van der Waals surface area (Å²) in [5.41, 5.74) is 5.11. The summed E-state index contributed by atoms with van der Waals surface area (Å²) in [4.78, 5) is 0. The summed E-state index contributed by atoms with van der Waals surface area (Å²) < 4.78 is 54.0. The monoisotopic (exact) mass is 171 g/mol. The minimum absolute atomic E-state index is 0.0191. The van der Waals surface area contributed by atoms with Crippen LogP contribution in [0.15, 0.2) is 18.2 Å². The molecular formula is C9H11NO2. The normalized spacial score (nSPS) is 27.4. The number of benzene rings is 1. The summed E-state index contributed by atoms with van der Waals surface area (Å²) in [6.45, 7) is -4.87. The van der Waals surface area contributed by atoms with Gasteiger partial charge in [0.2, 0.25) is 6.75 Å². The maximum absolute atomic E-state index is 7.66. The summed E-state index contributed by atoms with van der Waals surface area (Å²) >= 11 is 0. The molecule has 0 aromatic heterocycles. The van der Waals surface area contributed by atoms with Crippen molar-refractivity contribution in [3.05, 3.63) is 23.8 Å². The number of aryl methyl sites for hydroxylation is 1. The number of fused-ring (bicyclic) bond motifs is 1. The van der Waals surface area contributed by atoms with Crippen LogP contribution in [0.1, 0.15) is 13.8 Å². The Balaban J connectivity index is 2.41. The maximum Gasteiger partial charge on any atom is 0.231 e. The average molecular weight is 171 g/mol. The molecule has 0 aliphatic carbocycles. The van der Waals surface area contributed by atoms with Crippen molar-refractivity contribution < 1.29 is 17.7 Å². The van der Waals surface area contributed by atoms with Gasteiger partial charge in [0.05, 0.1) is 0 Å². The van der Waals surface area contributed by atoms with Gasteiger partial charge >= 0.3 is 0 Å². The van der Waals surface area contributed by atoms with Crippen LogP contribution in [0.2, 0.25) is 0 Å². The second kappa shape index (κ2) is 3.03. The number of rotatable bonds is 2. The van der Waals surface area contributed by atoms with Gasteiger partial charge in [-0.1, -0.05) is 6.07 Å². The molecule has 0 atom stereocenters. The highest BCUT2D eigenvalue weighted by Crippen LogP contribution is 2.32. The highest BCUT2D eigenvalue weighted by atomic mass is 16.7. The summed E-state index contributed by atoms with van der Waals surface area (Å²) in [6.07, 6.45) is -2.43. The first-order chi connectivity index (χ1) is 8.03. The standard InChI is InChI=1S/C9H11NO2/c10-4-3-7-1-2-8-9(5-7)12-6-11-8/h1-2,5H,3-4,6,10H2/i3D2,4D2,6D2. The van der Waals surface area contributed by atoms with Gasteiger partial charge in [0.15, 0.2) is 11.5 Å². The van der Waals surface area contributed by atoms with E-state index < -0.39 is 19.6 Å². The minimum Gasteiger partial charge on any atom is -0.454 e. The molecule has 12 heavy (non-hydrogen) atoms. The van der Waals surface area contributed by atoms with E-state index in [2.05, 4.69) is 0 Å². The SMILES string of the molecule is [2H]C1([2H])Oc2ccc(C([2H])([2H])C([2H])([2H])N)cc2O1. The van der Waals surface area contributed by atoms with E-state index in [1.54, 1.807) is 0 Å². The fraction of sp³-hybridized carbons (Fsp3) is 0.333. The molecule has 0 amide bonds. The van der Waals surface area contributed by atoms with E-state index in [0.29, 0.717) is 0 Å². The molecule has 0 saturated carbocycles. The van der Waals surface area contributed by atoms with Gasteiger partial charge in [-0.05, 0) is 30.6 Å².